The molecule has 0 saturated carbocycles. The molecule has 1 aliphatic heterocycles. The molecule has 2 aromatic carbocycles. The van der Waals surface area contributed by atoms with Gasteiger partial charge in [0.2, 0.25) is 0 Å². The summed E-state index contributed by atoms with van der Waals surface area (Å²) in [7, 11) is 0. The van der Waals surface area contributed by atoms with Crippen LogP contribution >= 0.6 is 23.2 Å². The number of aromatic nitrogens is 2. The molecule has 140 valence electrons. The average Bonchev–Trinajstić information content (AvgIpc) is 3.09. The highest BCUT2D eigenvalue weighted by Crippen LogP contribution is 2.25. The Morgan fingerprint density at radius 1 is 1.22 bits per heavy atom. The van der Waals surface area contributed by atoms with Crippen LogP contribution in [0.3, 0.4) is 0 Å². The van der Waals surface area contributed by atoms with Gasteiger partial charge in [0.25, 0.3) is 5.91 Å². The molecule has 2 atom stereocenters. The number of halogens is 2. The Labute approximate surface area is 167 Å². The van der Waals surface area contributed by atoms with Gasteiger partial charge in [0.15, 0.2) is 6.54 Å². The van der Waals surface area contributed by atoms with Crippen molar-refractivity contribution in [3.05, 3.63) is 58.3 Å². The number of benzene rings is 2. The first kappa shape index (κ1) is 18.3. The number of hydrogen-bond donors (Lipinski definition) is 3. The monoisotopic (exact) mass is 403 g/mol. The van der Waals surface area contributed by atoms with Gasteiger partial charge in [-0.1, -0.05) is 35.3 Å². The minimum atomic E-state index is -0.0198. The molecule has 1 fully saturated rings. The van der Waals surface area contributed by atoms with E-state index in [0.717, 1.165) is 42.8 Å². The van der Waals surface area contributed by atoms with Gasteiger partial charge in [0.1, 0.15) is 5.82 Å². The van der Waals surface area contributed by atoms with E-state index in [2.05, 4.69) is 10.3 Å². The number of amides is 1. The summed E-state index contributed by atoms with van der Waals surface area (Å²) in [5.74, 6) is 1.35. The third-order valence-electron chi connectivity index (χ3n) is 5.03. The fourth-order valence-electron chi connectivity index (χ4n) is 3.72. The second-order valence-corrected chi connectivity index (χ2v) is 7.85. The smallest absolute Gasteiger partial charge is 0.279 e. The Kier molecular flexibility index (Phi) is 5.34. The first-order valence-corrected chi connectivity index (χ1v) is 9.87. The van der Waals surface area contributed by atoms with Crippen LogP contribution in [-0.2, 0) is 4.79 Å². The number of aromatic amines is 1. The zero-order valence-electron chi connectivity index (χ0n) is 14.8. The van der Waals surface area contributed by atoms with Crippen molar-refractivity contribution in [1.82, 2.24) is 9.97 Å². The van der Waals surface area contributed by atoms with Gasteiger partial charge in [-0.05, 0) is 43.2 Å². The van der Waals surface area contributed by atoms with Crippen molar-refractivity contribution in [2.45, 2.75) is 18.8 Å². The van der Waals surface area contributed by atoms with Crippen LogP contribution in [0.5, 0.6) is 0 Å². The maximum Gasteiger partial charge on any atom is 0.279 e. The van der Waals surface area contributed by atoms with E-state index in [4.69, 9.17) is 28.2 Å². The van der Waals surface area contributed by atoms with Gasteiger partial charge < -0.3 is 15.2 Å². The zero-order chi connectivity index (χ0) is 18.8. The van der Waals surface area contributed by atoms with Crippen molar-refractivity contribution in [2.24, 2.45) is 0 Å². The second-order valence-electron chi connectivity index (χ2n) is 7.04. The lowest BCUT2D eigenvalue weighted by molar-refractivity contribution is -0.898. The fourth-order valence-corrected chi connectivity index (χ4v) is 4.02. The molecule has 3 N–H and O–H groups in total. The standard InChI is InChI=1S/C20H20Cl2N4O/c21-15-8-7-14(10-16(15)22)23-19(27)12-26-9-3-4-13(11-26)20-24-17-5-1-2-6-18(17)25-20/h1-2,5-8,10,13H,3-4,9,11-12H2,(H,23,27)(H,24,25)/p+1/t13-/m1/s1. The Balaban J connectivity index is 1.39. The van der Waals surface area contributed by atoms with Crippen LogP contribution in [-0.4, -0.2) is 35.5 Å². The summed E-state index contributed by atoms with van der Waals surface area (Å²) >= 11 is 11.9. The quantitative estimate of drug-likeness (QED) is 0.625. The van der Waals surface area contributed by atoms with Crippen LogP contribution in [0.25, 0.3) is 11.0 Å². The zero-order valence-corrected chi connectivity index (χ0v) is 16.3. The number of nitrogens with one attached hydrogen (secondary N) is 3. The molecule has 4 rings (SSSR count). The predicted molar refractivity (Wildman–Crippen MR) is 109 cm³/mol. The molecular formula is C20H21Cl2N4O+. The van der Waals surface area contributed by atoms with Gasteiger partial charge in [0.05, 0.1) is 40.1 Å². The van der Waals surface area contributed by atoms with Crippen molar-refractivity contribution < 1.29 is 9.69 Å². The Hall–Kier alpha value is -2.08. The number of rotatable bonds is 4. The molecule has 1 aromatic heterocycles. The second kappa shape index (κ2) is 7.89. The summed E-state index contributed by atoms with van der Waals surface area (Å²) < 4.78 is 0. The van der Waals surface area contributed by atoms with Crippen molar-refractivity contribution in [2.75, 3.05) is 25.0 Å². The number of fused-ring (bicyclic) bond motifs is 1. The highest BCUT2D eigenvalue weighted by Gasteiger charge is 2.28. The summed E-state index contributed by atoms with van der Waals surface area (Å²) in [6.07, 6.45) is 2.18. The lowest BCUT2D eigenvalue weighted by Gasteiger charge is -2.28. The van der Waals surface area contributed by atoms with E-state index >= 15 is 0 Å². The average molecular weight is 404 g/mol. The number of carbonyl (C=O) groups is 1. The number of quaternary nitrogens is 1. The molecule has 1 saturated heterocycles. The summed E-state index contributed by atoms with van der Waals surface area (Å²) in [6.45, 7) is 2.32. The lowest BCUT2D eigenvalue weighted by Crippen LogP contribution is -3.14. The van der Waals surface area contributed by atoms with E-state index in [9.17, 15) is 4.79 Å². The van der Waals surface area contributed by atoms with Gasteiger partial charge in [-0.25, -0.2) is 4.98 Å². The molecule has 0 radical (unpaired) electrons. The molecule has 0 spiro atoms. The molecule has 27 heavy (non-hydrogen) atoms. The van der Waals surface area contributed by atoms with Crippen molar-refractivity contribution >= 4 is 45.8 Å². The fraction of sp³-hybridized carbons (Fsp3) is 0.300. The summed E-state index contributed by atoms with van der Waals surface area (Å²) in [5, 5.41) is 3.82. The molecule has 0 bridgehead atoms. The highest BCUT2D eigenvalue weighted by molar-refractivity contribution is 6.42. The molecule has 0 aliphatic carbocycles. The van der Waals surface area contributed by atoms with E-state index in [0.29, 0.717) is 28.2 Å². The van der Waals surface area contributed by atoms with E-state index in [1.165, 1.54) is 4.90 Å². The van der Waals surface area contributed by atoms with Gasteiger partial charge in [-0.2, -0.15) is 0 Å². The van der Waals surface area contributed by atoms with Crippen LogP contribution in [0.2, 0.25) is 10.0 Å². The third-order valence-corrected chi connectivity index (χ3v) is 5.77. The normalized spacial score (nSPS) is 19.9. The number of H-pyrrole nitrogens is 1. The Morgan fingerprint density at radius 3 is 2.89 bits per heavy atom. The van der Waals surface area contributed by atoms with E-state index < -0.39 is 0 Å². The summed E-state index contributed by atoms with van der Waals surface area (Å²) in [6, 6.07) is 13.2. The van der Waals surface area contributed by atoms with Crippen molar-refractivity contribution in [3.63, 3.8) is 0 Å². The maximum absolute atomic E-state index is 12.4. The van der Waals surface area contributed by atoms with Crippen LogP contribution in [0.4, 0.5) is 5.69 Å². The third kappa shape index (κ3) is 4.26. The number of imidazole rings is 1. The lowest BCUT2D eigenvalue weighted by atomic mass is 9.97. The number of para-hydroxylation sites is 2. The molecule has 1 unspecified atom stereocenters. The van der Waals surface area contributed by atoms with Crippen LogP contribution in [0, 0.1) is 0 Å². The maximum atomic E-state index is 12.4. The topological polar surface area (TPSA) is 62.2 Å². The minimum Gasteiger partial charge on any atom is -0.342 e. The number of hydrogen-bond acceptors (Lipinski definition) is 2. The number of piperidine rings is 1. The van der Waals surface area contributed by atoms with Crippen LogP contribution < -0.4 is 10.2 Å². The molecule has 1 amide bonds. The van der Waals surface area contributed by atoms with E-state index in [-0.39, 0.29) is 5.91 Å². The van der Waals surface area contributed by atoms with Crippen molar-refractivity contribution in [1.29, 1.82) is 0 Å². The Morgan fingerprint density at radius 2 is 2.07 bits per heavy atom. The number of carbonyl (C=O) groups excluding carboxylic acids is 1. The molecule has 7 heteroatoms. The molecule has 1 aliphatic rings. The molecule has 5 nitrogen and oxygen atoms in total. The van der Waals surface area contributed by atoms with Gasteiger partial charge in [-0.3, -0.25) is 4.79 Å². The Bertz CT molecular complexity index is 939. The number of anilines is 1. The predicted octanol–water partition coefficient (Wildman–Crippen LogP) is 3.27. The highest BCUT2D eigenvalue weighted by atomic mass is 35.5. The minimum absolute atomic E-state index is 0.0198. The SMILES string of the molecule is O=C(C[NH+]1CCC[C@@H](c2nc3ccccc3[nH]2)C1)Nc1ccc(Cl)c(Cl)c1. The van der Waals surface area contributed by atoms with E-state index in [1.54, 1.807) is 18.2 Å². The van der Waals surface area contributed by atoms with Crippen LogP contribution in [0.15, 0.2) is 42.5 Å². The first-order chi connectivity index (χ1) is 13.1. The summed E-state index contributed by atoms with van der Waals surface area (Å²) in [4.78, 5) is 21.9. The van der Waals surface area contributed by atoms with Gasteiger partial charge in [-0.15, -0.1) is 0 Å². The number of nitrogens with zero attached hydrogens (tertiary/aromatic N) is 1. The molecule has 2 heterocycles. The molecule has 3 aromatic rings. The summed E-state index contributed by atoms with van der Waals surface area (Å²) in [5.41, 5.74) is 2.73. The van der Waals surface area contributed by atoms with Gasteiger partial charge >= 0.3 is 0 Å². The largest absolute Gasteiger partial charge is 0.342 e. The van der Waals surface area contributed by atoms with Gasteiger partial charge in [0, 0.05) is 5.69 Å². The van der Waals surface area contributed by atoms with Crippen molar-refractivity contribution in [3.8, 4) is 0 Å². The van der Waals surface area contributed by atoms with Crippen LogP contribution in [0.1, 0.15) is 24.6 Å². The number of likely N-dealkylation sites (tertiary alicyclic amines) is 1. The van der Waals surface area contributed by atoms with E-state index in [1.807, 2.05) is 24.3 Å². The molecular weight excluding hydrogens is 383 g/mol. The first-order valence-electron chi connectivity index (χ1n) is 9.11.